The van der Waals surface area contributed by atoms with Crippen molar-refractivity contribution in [1.29, 1.82) is 0 Å². The molecule has 0 saturated carbocycles. The molecule has 9 nitrogen and oxygen atoms in total. The number of nitrogens with zero attached hydrogens (tertiary/aromatic N) is 8. The van der Waals surface area contributed by atoms with E-state index in [4.69, 9.17) is 4.99 Å². The molecule has 0 radical (unpaired) electrons. The number of piperazine rings is 1. The van der Waals surface area contributed by atoms with E-state index in [1.807, 2.05) is 10.7 Å². The largest absolute Gasteiger partial charge is 0.357 e. The fourth-order valence-electron chi connectivity index (χ4n) is 3.49. The monoisotopic (exact) mass is 405 g/mol. The molecule has 1 N–H and O–H groups in total. The zero-order valence-electron chi connectivity index (χ0n) is 17.2. The van der Waals surface area contributed by atoms with E-state index in [9.17, 15) is 0 Å². The van der Waals surface area contributed by atoms with Crippen LogP contribution in [-0.4, -0.2) is 68.3 Å². The minimum Gasteiger partial charge on any atom is -0.357 e. The first-order valence-corrected chi connectivity index (χ1v) is 10.3. The third-order valence-corrected chi connectivity index (χ3v) is 4.96. The van der Waals surface area contributed by atoms with E-state index in [0.29, 0.717) is 13.1 Å². The van der Waals surface area contributed by atoms with Gasteiger partial charge in [-0.05, 0) is 24.1 Å². The van der Waals surface area contributed by atoms with Gasteiger partial charge in [-0.3, -0.25) is 0 Å². The zero-order valence-corrected chi connectivity index (χ0v) is 17.2. The Morgan fingerprint density at radius 3 is 2.60 bits per heavy atom. The number of aromatic nitrogens is 5. The molecule has 0 spiro atoms. The van der Waals surface area contributed by atoms with Crippen LogP contribution < -0.4 is 10.2 Å². The molecule has 2 aromatic heterocycles. The number of benzene rings is 1. The van der Waals surface area contributed by atoms with Gasteiger partial charge in [0.1, 0.15) is 12.7 Å². The van der Waals surface area contributed by atoms with Gasteiger partial charge < -0.3 is 15.1 Å². The topological polar surface area (TPSA) is 87.4 Å². The van der Waals surface area contributed by atoms with Crippen LogP contribution >= 0.6 is 0 Å². The minimum atomic E-state index is 0.634. The Balaban J connectivity index is 1.38. The van der Waals surface area contributed by atoms with Crippen molar-refractivity contribution >= 4 is 11.9 Å². The number of hydrogen-bond donors (Lipinski definition) is 1. The molecule has 0 aliphatic carbocycles. The molecule has 30 heavy (non-hydrogen) atoms. The summed E-state index contributed by atoms with van der Waals surface area (Å²) in [7, 11) is 0. The highest BCUT2D eigenvalue weighted by Gasteiger charge is 2.21. The van der Waals surface area contributed by atoms with E-state index < -0.39 is 0 Å². The van der Waals surface area contributed by atoms with Gasteiger partial charge in [0.05, 0.1) is 13.1 Å². The van der Waals surface area contributed by atoms with Crippen LogP contribution in [0.2, 0.25) is 0 Å². The molecule has 4 rings (SSSR count). The van der Waals surface area contributed by atoms with Gasteiger partial charge in [0, 0.05) is 45.1 Å². The van der Waals surface area contributed by atoms with Crippen LogP contribution in [0.25, 0.3) is 0 Å². The van der Waals surface area contributed by atoms with Crippen molar-refractivity contribution < 1.29 is 0 Å². The molecule has 0 unspecified atom stereocenters. The highest BCUT2D eigenvalue weighted by atomic mass is 15.4. The molecular weight excluding hydrogens is 378 g/mol. The van der Waals surface area contributed by atoms with Crippen molar-refractivity contribution in [3.05, 3.63) is 66.5 Å². The second kappa shape index (κ2) is 9.82. The predicted octanol–water partition coefficient (Wildman–Crippen LogP) is 1.40. The minimum absolute atomic E-state index is 0.634. The van der Waals surface area contributed by atoms with Crippen molar-refractivity contribution in [2.75, 3.05) is 37.6 Å². The van der Waals surface area contributed by atoms with Gasteiger partial charge in [0.25, 0.3) is 0 Å². The normalized spacial score (nSPS) is 14.8. The van der Waals surface area contributed by atoms with Crippen LogP contribution in [-0.2, 0) is 13.1 Å². The lowest BCUT2D eigenvalue weighted by molar-refractivity contribution is 0.370. The number of rotatable bonds is 6. The summed E-state index contributed by atoms with van der Waals surface area (Å²) < 4.78 is 1.82. The van der Waals surface area contributed by atoms with E-state index in [0.717, 1.165) is 44.6 Å². The summed E-state index contributed by atoms with van der Waals surface area (Å²) in [5.74, 6) is 1.75. The molecule has 3 heterocycles. The molecule has 156 valence electrons. The van der Waals surface area contributed by atoms with Crippen LogP contribution in [0, 0.1) is 0 Å². The summed E-state index contributed by atoms with van der Waals surface area (Å²) in [6, 6.07) is 10.3. The third-order valence-electron chi connectivity index (χ3n) is 4.96. The van der Waals surface area contributed by atoms with Gasteiger partial charge in [-0.2, -0.15) is 5.10 Å². The van der Waals surface area contributed by atoms with Crippen LogP contribution in [0.4, 0.5) is 5.95 Å². The quantitative estimate of drug-likeness (QED) is 0.490. The van der Waals surface area contributed by atoms with E-state index in [2.05, 4.69) is 66.4 Å². The van der Waals surface area contributed by atoms with Crippen LogP contribution in [0.3, 0.4) is 0 Å². The summed E-state index contributed by atoms with van der Waals surface area (Å²) in [6.45, 7) is 7.81. The maximum Gasteiger partial charge on any atom is 0.225 e. The van der Waals surface area contributed by atoms with E-state index in [1.54, 1.807) is 25.0 Å². The smallest absolute Gasteiger partial charge is 0.225 e. The van der Waals surface area contributed by atoms with Gasteiger partial charge >= 0.3 is 0 Å². The number of anilines is 1. The highest BCUT2D eigenvalue weighted by Crippen LogP contribution is 2.11. The van der Waals surface area contributed by atoms with Crippen LogP contribution in [0.15, 0.2) is 60.4 Å². The summed E-state index contributed by atoms with van der Waals surface area (Å²) in [5.41, 5.74) is 2.37. The van der Waals surface area contributed by atoms with Crippen molar-refractivity contribution in [3.63, 3.8) is 0 Å². The zero-order chi connectivity index (χ0) is 20.6. The van der Waals surface area contributed by atoms with Gasteiger partial charge in [0.15, 0.2) is 5.96 Å². The second-order valence-electron chi connectivity index (χ2n) is 7.11. The Morgan fingerprint density at radius 1 is 1.07 bits per heavy atom. The molecule has 1 aliphatic rings. The molecule has 0 atom stereocenters. The van der Waals surface area contributed by atoms with E-state index >= 15 is 0 Å². The average molecular weight is 406 g/mol. The molecule has 1 aliphatic heterocycles. The van der Waals surface area contributed by atoms with Gasteiger partial charge in [-0.15, -0.1) is 0 Å². The average Bonchev–Trinajstić information content (AvgIpc) is 3.31. The Bertz CT molecular complexity index is 932. The lowest BCUT2D eigenvalue weighted by Crippen LogP contribution is -2.52. The first kappa shape index (κ1) is 19.8. The fraction of sp³-hybridized carbons (Fsp3) is 0.381. The van der Waals surface area contributed by atoms with Crippen molar-refractivity contribution in [1.82, 2.24) is 34.9 Å². The van der Waals surface area contributed by atoms with Crippen molar-refractivity contribution in [2.45, 2.75) is 20.0 Å². The number of hydrogen-bond acceptors (Lipinski definition) is 6. The lowest BCUT2D eigenvalue weighted by atomic mass is 10.1. The second-order valence-corrected chi connectivity index (χ2v) is 7.11. The van der Waals surface area contributed by atoms with E-state index in [-0.39, 0.29) is 0 Å². The van der Waals surface area contributed by atoms with Gasteiger partial charge in [0.2, 0.25) is 5.95 Å². The molecule has 0 amide bonds. The first-order chi connectivity index (χ1) is 14.8. The number of nitrogens with one attached hydrogen (secondary N) is 1. The maximum atomic E-state index is 4.89. The SMILES string of the molecule is CCNC(=NCc1cccc(Cn2cncn2)c1)N1CCN(c2ncccn2)CC1. The number of guanidine groups is 1. The van der Waals surface area contributed by atoms with Crippen molar-refractivity contribution in [2.24, 2.45) is 4.99 Å². The molecule has 1 fully saturated rings. The Labute approximate surface area is 176 Å². The highest BCUT2D eigenvalue weighted by molar-refractivity contribution is 5.80. The fourth-order valence-corrected chi connectivity index (χ4v) is 3.49. The number of aliphatic imine (C=N–C) groups is 1. The molecule has 1 aromatic carbocycles. The molecule has 1 saturated heterocycles. The molecular formula is C21H27N9. The summed E-state index contributed by atoms with van der Waals surface area (Å²) in [4.78, 5) is 22.1. The summed E-state index contributed by atoms with van der Waals surface area (Å²) in [6.07, 6.45) is 6.86. The Kier molecular flexibility index (Phi) is 6.48. The summed E-state index contributed by atoms with van der Waals surface area (Å²) >= 11 is 0. The van der Waals surface area contributed by atoms with E-state index in [1.165, 1.54) is 11.1 Å². The van der Waals surface area contributed by atoms with Gasteiger partial charge in [-0.1, -0.05) is 24.3 Å². The standard InChI is InChI=1S/C21H27N9/c1-2-23-20(28-9-11-29(12-10-28)21-24-7-4-8-25-21)26-14-18-5-3-6-19(13-18)15-30-17-22-16-27-30/h3-8,13,16-17H,2,9-12,14-15H2,1H3,(H,23,26). The first-order valence-electron chi connectivity index (χ1n) is 10.3. The van der Waals surface area contributed by atoms with Gasteiger partial charge in [-0.25, -0.2) is 24.6 Å². The lowest BCUT2D eigenvalue weighted by Gasteiger charge is -2.36. The molecule has 0 bridgehead atoms. The molecule has 3 aromatic rings. The third kappa shape index (κ3) is 5.11. The Morgan fingerprint density at radius 2 is 1.87 bits per heavy atom. The predicted molar refractivity (Wildman–Crippen MR) is 116 cm³/mol. The van der Waals surface area contributed by atoms with Crippen molar-refractivity contribution in [3.8, 4) is 0 Å². The van der Waals surface area contributed by atoms with Crippen LogP contribution in [0.5, 0.6) is 0 Å². The summed E-state index contributed by atoms with van der Waals surface area (Å²) in [5, 5.41) is 7.61. The molecule has 9 heteroatoms. The maximum absolute atomic E-state index is 4.89. The van der Waals surface area contributed by atoms with Crippen LogP contribution in [0.1, 0.15) is 18.1 Å². The Hall–Kier alpha value is -3.49.